The number of anilines is 1. The van der Waals surface area contributed by atoms with Crippen molar-refractivity contribution in [2.45, 2.75) is 39.3 Å². The van der Waals surface area contributed by atoms with Crippen LogP contribution in [0.15, 0.2) is 78.6 Å². The molecular formula is C29H28N2O6. The number of nitrogens with zero attached hydrogens (tertiary/aromatic N) is 2. The molecule has 1 amide bonds. The summed E-state index contributed by atoms with van der Waals surface area (Å²) < 4.78 is 11.0. The van der Waals surface area contributed by atoms with Crippen molar-refractivity contribution in [1.29, 1.82) is 0 Å². The zero-order chi connectivity index (χ0) is 26.5. The van der Waals surface area contributed by atoms with Crippen molar-refractivity contribution in [2.75, 3.05) is 11.5 Å². The van der Waals surface area contributed by atoms with Gasteiger partial charge in [-0.15, -0.1) is 0 Å². The van der Waals surface area contributed by atoms with Gasteiger partial charge in [0, 0.05) is 23.6 Å². The fourth-order valence-electron chi connectivity index (χ4n) is 4.16. The fraction of sp³-hybridized carbons (Fsp3) is 0.241. The number of ketones is 1. The summed E-state index contributed by atoms with van der Waals surface area (Å²) >= 11 is 0. The Bertz CT molecular complexity index is 1350. The Morgan fingerprint density at radius 1 is 1.05 bits per heavy atom. The maximum absolute atomic E-state index is 13.4. The first-order valence-corrected chi connectivity index (χ1v) is 12.1. The van der Waals surface area contributed by atoms with Crippen LogP contribution >= 0.6 is 0 Å². The highest BCUT2D eigenvalue weighted by molar-refractivity contribution is 6.51. The highest BCUT2D eigenvalue weighted by Gasteiger charge is 2.47. The van der Waals surface area contributed by atoms with Gasteiger partial charge in [-0.1, -0.05) is 31.2 Å². The molecular weight excluding hydrogens is 472 g/mol. The molecule has 2 heterocycles. The number of carbonyl (C=O) groups is 3. The summed E-state index contributed by atoms with van der Waals surface area (Å²) in [4.78, 5) is 44.6. The minimum Gasteiger partial charge on any atom is -0.507 e. The summed E-state index contributed by atoms with van der Waals surface area (Å²) in [5.41, 5.74) is 1.34. The molecule has 1 unspecified atom stereocenters. The summed E-state index contributed by atoms with van der Waals surface area (Å²) in [5.74, 6) is -2.02. The first kappa shape index (κ1) is 25.6. The van der Waals surface area contributed by atoms with E-state index in [1.54, 1.807) is 60.8 Å². The molecule has 8 heteroatoms. The third kappa shape index (κ3) is 5.38. The summed E-state index contributed by atoms with van der Waals surface area (Å²) in [6.45, 7) is 5.92. The van der Waals surface area contributed by atoms with Crippen LogP contribution in [-0.2, 0) is 14.3 Å². The van der Waals surface area contributed by atoms with Gasteiger partial charge >= 0.3 is 5.97 Å². The molecule has 1 atom stereocenters. The number of hydrogen-bond acceptors (Lipinski definition) is 7. The molecule has 0 saturated carbocycles. The third-order valence-electron chi connectivity index (χ3n) is 5.72. The number of Topliss-reactive ketones (excluding diaryl/α,β-unsaturated/α-hetero) is 1. The van der Waals surface area contributed by atoms with Gasteiger partial charge in [-0.25, -0.2) is 4.79 Å². The predicted molar refractivity (Wildman–Crippen MR) is 138 cm³/mol. The molecule has 0 bridgehead atoms. The number of pyridine rings is 1. The van der Waals surface area contributed by atoms with Gasteiger partial charge in [0.2, 0.25) is 0 Å². The lowest BCUT2D eigenvalue weighted by Crippen LogP contribution is -2.29. The van der Waals surface area contributed by atoms with E-state index in [-0.39, 0.29) is 29.6 Å². The zero-order valence-electron chi connectivity index (χ0n) is 20.9. The highest BCUT2D eigenvalue weighted by atomic mass is 16.5. The van der Waals surface area contributed by atoms with Crippen LogP contribution in [0.4, 0.5) is 5.69 Å². The Labute approximate surface area is 215 Å². The molecule has 2 aromatic carbocycles. The normalized spacial score (nSPS) is 16.8. The van der Waals surface area contributed by atoms with Crippen LogP contribution in [0.2, 0.25) is 0 Å². The number of rotatable bonds is 8. The van der Waals surface area contributed by atoms with E-state index in [0.29, 0.717) is 29.0 Å². The first-order valence-electron chi connectivity index (χ1n) is 12.1. The lowest BCUT2D eigenvalue weighted by Gasteiger charge is -2.25. The van der Waals surface area contributed by atoms with Gasteiger partial charge < -0.3 is 14.6 Å². The van der Waals surface area contributed by atoms with Crippen LogP contribution in [0.1, 0.15) is 54.7 Å². The number of aromatic nitrogens is 1. The van der Waals surface area contributed by atoms with E-state index in [2.05, 4.69) is 4.98 Å². The van der Waals surface area contributed by atoms with Crippen LogP contribution in [0.25, 0.3) is 5.76 Å². The second kappa shape index (κ2) is 11.1. The molecule has 3 aromatic rings. The summed E-state index contributed by atoms with van der Waals surface area (Å²) in [6.07, 6.45) is 3.70. The standard InChI is InChI=1S/C29H28N2O6/c1-4-14-36-29(35)20-9-5-11-22(15-20)31-25(21-10-7-13-30-17-21)24(27(33)28(31)34)26(32)19-8-6-12-23(16-19)37-18(2)3/h5-13,15-18,25,32H,4,14H2,1-3H3/b26-24+. The van der Waals surface area contributed by atoms with Crippen molar-refractivity contribution in [1.82, 2.24) is 4.98 Å². The molecule has 1 aromatic heterocycles. The number of aliphatic hydroxyl groups is 1. The maximum atomic E-state index is 13.4. The number of hydrogen-bond donors (Lipinski definition) is 1. The molecule has 0 spiro atoms. The second-order valence-electron chi connectivity index (χ2n) is 8.84. The van der Waals surface area contributed by atoms with E-state index in [1.165, 1.54) is 17.2 Å². The van der Waals surface area contributed by atoms with E-state index >= 15 is 0 Å². The number of carbonyl (C=O) groups excluding carboxylic acids is 3. The molecule has 1 saturated heterocycles. The van der Waals surface area contributed by atoms with E-state index in [9.17, 15) is 19.5 Å². The number of benzene rings is 2. The Balaban J connectivity index is 1.84. The van der Waals surface area contributed by atoms with Crippen molar-refractivity contribution in [3.05, 3.63) is 95.3 Å². The average molecular weight is 501 g/mol. The Morgan fingerprint density at radius 3 is 2.51 bits per heavy atom. The predicted octanol–water partition coefficient (Wildman–Crippen LogP) is 5.06. The van der Waals surface area contributed by atoms with Crippen LogP contribution in [-0.4, -0.2) is 40.5 Å². The molecule has 190 valence electrons. The van der Waals surface area contributed by atoms with E-state index < -0.39 is 23.7 Å². The van der Waals surface area contributed by atoms with Gasteiger partial charge in [0.1, 0.15) is 11.5 Å². The molecule has 37 heavy (non-hydrogen) atoms. The van der Waals surface area contributed by atoms with Gasteiger partial charge in [-0.2, -0.15) is 0 Å². The monoisotopic (exact) mass is 500 g/mol. The summed E-state index contributed by atoms with van der Waals surface area (Å²) in [6, 6.07) is 15.5. The second-order valence-corrected chi connectivity index (χ2v) is 8.84. The molecule has 1 fully saturated rings. The van der Waals surface area contributed by atoms with Crippen molar-refractivity contribution >= 4 is 29.1 Å². The Kier molecular flexibility index (Phi) is 7.67. The SMILES string of the molecule is CCCOC(=O)c1cccc(N2C(=O)C(=O)/C(=C(/O)c3cccc(OC(C)C)c3)C2c2cccnc2)c1. The van der Waals surface area contributed by atoms with Gasteiger partial charge in [0.05, 0.1) is 29.9 Å². The third-order valence-corrected chi connectivity index (χ3v) is 5.72. The molecule has 4 rings (SSSR count). The van der Waals surface area contributed by atoms with Crippen molar-refractivity contribution < 1.29 is 29.0 Å². The van der Waals surface area contributed by atoms with Gasteiger partial charge in [-0.3, -0.25) is 19.5 Å². The molecule has 1 N–H and O–H groups in total. The largest absolute Gasteiger partial charge is 0.507 e. The van der Waals surface area contributed by atoms with Crippen molar-refractivity contribution in [3.8, 4) is 5.75 Å². The summed E-state index contributed by atoms with van der Waals surface area (Å²) in [7, 11) is 0. The number of amides is 1. The number of ether oxygens (including phenoxy) is 2. The van der Waals surface area contributed by atoms with Crippen molar-refractivity contribution in [2.24, 2.45) is 0 Å². The first-order chi connectivity index (χ1) is 17.8. The van der Waals surface area contributed by atoms with Crippen LogP contribution in [0.5, 0.6) is 5.75 Å². The van der Waals surface area contributed by atoms with Crippen LogP contribution < -0.4 is 9.64 Å². The van der Waals surface area contributed by atoms with E-state index in [0.717, 1.165) is 0 Å². The topological polar surface area (TPSA) is 106 Å². The lowest BCUT2D eigenvalue weighted by atomic mass is 9.96. The van der Waals surface area contributed by atoms with Crippen molar-refractivity contribution in [3.63, 3.8) is 0 Å². The van der Waals surface area contributed by atoms with Crippen LogP contribution in [0.3, 0.4) is 0 Å². The highest BCUT2D eigenvalue weighted by Crippen LogP contribution is 2.42. The van der Waals surface area contributed by atoms with Crippen LogP contribution in [0, 0.1) is 0 Å². The lowest BCUT2D eigenvalue weighted by molar-refractivity contribution is -0.132. The quantitative estimate of drug-likeness (QED) is 0.199. The average Bonchev–Trinajstić information content (AvgIpc) is 3.17. The zero-order valence-corrected chi connectivity index (χ0v) is 20.9. The number of esters is 1. The van der Waals surface area contributed by atoms with E-state index in [4.69, 9.17) is 9.47 Å². The Morgan fingerprint density at radius 2 is 1.81 bits per heavy atom. The smallest absolute Gasteiger partial charge is 0.338 e. The molecule has 8 nitrogen and oxygen atoms in total. The molecule has 1 aliphatic rings. The Hall–Kier alpha value is -4.46. The summed E-state index contributed by atoms with van der Waals surface area (Å²) in [5, 5.41) is 11.3. The molecule has 1 aliphatic heterocycles. The van der Waals surface area contributed by atoms with Gasteiger partial charge in [0.25, 0.3) is 11.7 Å². The van der Waals surface area contributed by atoms with Gasteiger partial charge in [0.15, 0.2) is 0 Å². The van der Waals surface area contributed by atoms with E-state index in [1.807, 2.05) is 20.8 Å². The minimum atomic E-state index is -0.967. The fourth-order valence-corrected chi connectivity index (χ4v) is 4.16. The molecule has 0 aliphatic carbocycles. The number of aliphatic hydroxyl groups excluding tert-OH is 1. The van der Waals surface area contributed by atoms with Gasteiger partial charge in [-0.05, 0) is 62.2 Å². The minimum absolute atomic E-state index is 0.0846. The molecule has 0 radical (unpaired) electrons. The maximum Gasteiger partial charge on any atom is 0.338 e.